The number of fused-ring (bicyclic) bond motifs is 1. The Morgan fingerprint density at radius 1 is 1.08 bits per heavy atom. The molecule has 0 aliphatic heterocycles. The molecule has 0 bridgehead atoms. The van der Waals surface area contributed by atoms with E-state index in [1.165, 1.54) is 12.1 Å². The summed E-state index contributed by atoms with van der Waals surface area (Å²) in [7, 11) is 0. The second-order valence-electron chi connectivity index (χ2n) is 4.84. The third-order valence-corrected chi connectivity index (χ3v) is 3.61. The molecule has 9 heteroatoms. The maximum Gasteiger partial charge on any atom is 0.419 e. The number of nitrogens with zero attached hydrogens (tertiary/aromatic N) is 1. The van der Waals surface area contributed by atoms with E-state index in [0.717, 1.165) is 0 Å². The molecular formula is C15H6ClF5N2O. The Bertz CT molecular complexity index is 1010. The van der Waals surface area contributed by atoms with Gasteiger partial charge in [0.25, 0.3) is 5.56 Å². The van der Waals surface area contributed by atoms with E-state index < -0.39 is 45.3 Å². The number of halogens is 6. The van der Waals surface area contributed by atoms with Gasteiger partial charge in [0.1, 0.15) is 5.82 Å². The van der Waals surface area contributed by atoms with Gasteiger partial charge in [-0.1, -0.05) is 23.7 Å². The predicted molar refractivity (Wildman–Crippen MR) is 77.7 cm³/mol. The van der Waals surface area contributed by atoms with Crippen molar-refractivity contribution in [3.63, 3.8) is 0 Å². The highest BCUT2D eigenvalue weighted by Crippen LogP contribution is 2.39. The highest BCUT2D eigenvalue weighted by Gasteiger charge is 2.37. The van der Waals surface area contributed by atoms with Crippen molar-refractivity contribution in [1.29, 1.82) is 0 Å². The smallest absolute Gasteiger partial charge is 0.306 e. The summed E-state index contributed by atoms with van der Waals surface area (Å²) in [5, 5.41) is -0.537. The normalized spacial score (nSPS) is 11.9. The standard InChI is InChI=1S/C15H6ClF5N2O/c16-8-5-7(15(19,20)21)11(17)12(18)10(8)13-22-9-4-2-1-3-6(9)14(24)23-13/h1-5H,(H,22,23,24). The number of nitrogens with one attached hydrogen (secondary N) is 1. The molecule has 1 N–H and O–H groups in total. The van der Waals surface area contributed by atoms with Crippen LogP contribution in [0.4, 0.5) is 22.0 Å². The molecule has 0 unspecified atom stereocenters. The summed E-state index contributed by atoms with van der Waals surface area (Å²) < 4.78 is 65.9. The quantitative estimate of drug-likeness (QED) is 0.511. The number of aromatic amines is 1. The fourth-order valence-corrected chi connectivity index (χ4v) is 2.50. The van der Waals surface area contributed by atoms with Crippen molar-refractivity contribution < 1.29 is 22.0 Å². The maximum absolute atomic E-state index is 14.1. The van der Waals surface area contributed by atoms with Gasteiger partial charge in [0, 0.05) is 0 Å². The van der Waals surface area contributed by atoms with E-state index in [0.29, 0.717) is 0 Å². The van der Waals surface area contributed by atoms with Crippen molar-refractivity contribution in [3.05, 3.63) is 62.9 Å². The van der Waals surface area contributed by atoms with Gasteiger partial charge in [-0.2, -0.15) is 13.2 Å². The predicted octanol–water partition coefficient (Wildman–Crippen LogP) is 4.54. The average Bonchev–Trinajstić information content (AvgIpc) is 2.50. The first kappa shape index (κ1) is 16.4. The van der Waals surface area contributed by atoms with E-state index in [1.54, 1.807) is 12.1 Å². The second-order valence-corrected chi connectivity index (χ2v) is 5.25. The van der Waals surface area contributed by atoms with Crippen LogP contribution in [-0.4, -0.2) is 9.97 Å². The fourth-order valence-electron chi connectivity index (χ4n) is 2.22. The van der Waals surface area contributed by atoms with Gasteiger partial charge in [0.05, 0.1) is 27.1 Å². The summed E-state index contributed by atoms with van der Waals surface area (Å²) in [5.74, 6) is -4.42. The van der Waals surface area contributed by atoms with Crippen molar-refractivity contribution in [2.75, 3.05) is 0 Å². The number of hydrogen-bond donors (Lipinski definition) is 1. The van der Waals surface area contributed by atoms with Gasteiger partial charge in [-0.15, -0.1) is 0 Å². The average molecular weight is 361 g/mol. The van der Waals surface area contributed by atoms with Crippen LogP contribution in [0.1, 0.15) is 5.56 Å². The summed E-state index contributed by atoms with van der Waals surface area (Å²) in [6.07, 6.45) is -5.11. The SMILES string of the molecule is O=c1[nH]c(-c2c(Cl)cc(C(F)(F)F)c(F)c2F)nc2ccccc12. The van der Waals surface area contributed by atoms with Crippen molar-refractivity contribution in [2.45, 2.75) is 6.18 Å². The Labute approximate surface area is 135 Å². The lowest BCUT2D eigenvalue weighted by Gasteiger charge is -2.13. The molecule has 3 rings (SSSR count). The molecule has 0 amide bonds. The molecule has 0 aliphatic carbocycles. The van der Waals surface area contributed by atoms with Crippen molar-refractivity contribution in [1.82, 2.24) is 9.97 Å². The molecule has 0 radical (unpaired) electrons. The van der Waals surface area contributed by atoms with E-state index in [9.17, 15) is 26.7 Å². The Morgan fingerprint density at radius 2 is 1.75 bits per heavy atom. The number of rotatable bonds is 1. The summed E-state index contributed by atoms with van der Waals surface area (Å²) >= 11 is 5.68. The lowest BCUT2D eigenvalue weighted by molar-refractivity contribution is -0.140. The van der Waals surface area contributed by atoms with E-state index >= 15 is 0 Å². The molecule has 0 atom stereocenters. The molecule has 3 aromatic rings. The van der Waals surface area contributed by atoms with Gasteiger partial charge in [0.15, 0.2) is 11.6 Å². The van der Waals surface area contributed by atoms with Crippen LogP contribution in [0.3, 0.4) is 0 Å². The first-order chi connectivity index (χ1) is 11.2. The molecule has 0 aliphatic rings. The first-order valence-electron chi connectivity index (χ1n) is 6.44. The van der Waals surface area contributed by atoms with Crippen LogP contribution in [-0.2, 0) is 6.18 Å². The van der Waals surface area contributed by atoms with Crippen molar-refractivity contribution in [2.24, 2.45) is 0 Å². The molecule has 124 valence electrons. The van der Waals surface area contributed by atoms with Crippen molar-refractivity contribution >= 4 is 22.5 Å². The highest BCUT2D eigenvalue weighted by atomic mass is 35.5. The first-order valence-corrected chi connectivity index (χ1v) is 6.82. The third-order valence-electron chi connectivity index (χ3n) is 3.31. The molecule has 2 aromatic carbocycles. The summed E-state index contributed by atoms with van der Waals surface area (Å²) in [6.45, 7) is 0. The monoisotopic (exact) mass is 360 g/mol. The third kappa shape index (κ3) is 2.62. The minimum Gasteiger partial charge on any atom is -0.306 e. The second kappa shape index (κ2) is 5.55. The van der Waals surface area contributed by atoms with E-state index in [1.807, 2.05) is 0 Å². The highest BCUT2D eigenvalue weighted by molar-refractivity contribution is 6.33. The fraction of sp³-hybridized carbons (Fsp3) is 0.0667. The molecule has 1 heterocycles. The minimum absolute atomic E-state index is 0.159. The summed E-state index contributed by atoms with van der Waals surface area (Å²) in [6, 6.07) is 6.29. The molecular weight excluding hydrogens is 355 g/mol. The van der Waals surface area contributed by atoms with Crippen LogP contribution < -0.4 is 5.56 Å². The lowest BCUT2D eigenvalue weighted by atomic mass is 10.1. The number of benzene rings is 2. The van der Waals surface area contributed by atoms with Crippen LogP contribution >= 0.6 is 11.6 Å². The van der Waals surface area contributed by atoms with E-state index in [2.05, 4.69) is 9.97 Å². The Hall–Kier alpha value is -2.48. The molecule has 1 aromatic heterocycles. The van der Waals surface area contributed by atoms with E-state index in [-0.39, 0.29) is 17.0 Å². The van der Waals surface area contributed by atoms with Crippen LogP contribution in [0, 0.1) is 11.6 Å². The van der Waals surface area contributed by atoms with E-state index in [4.69, 9.17) is 11.6 Å². The molecule has 0 fully saturated rings. The van der Waals surface area contributed by atoms with Crippen LogP contribution in [0.5, 0.6) is 0 Å². The van der Waals surface area contributed by atoms with Gasteiger partial charge < -0.3 is 4.98 Å². The number of para-hydroxylation sites is 1. The molecule has 0 saturated carbocycles. The number of aromatic nitrogens is 2. The summed E-state index contributed by atoms with van der Waals surface area (Å²) in [4.78, 5) is 18.1. The zero-order chi connectivity index (χ0) is 17.6. The minimum atomic E-state index is -5.11. The van der Waals surface area contributed by atoms with Gasteiger partial charge in [-0.05, 0) is 18.2 Å². The van der Waals surface area contributed by atoms with Crippen LogP contribution in [0.2, 0.25) is 5.02 Å². The Balaban J connectivity index is 2.32. The molecule has 0 spiro atoms. The number of H-pyrrole nitrogens is 1. The zero-order valence-corrected chi connectivity index (χ0v) is 12.3. The Kier molecular flexibility index (Phi) is 3.79. The van der Waals surface area contributed by atoms with Crippen LogP contribution in [0.15, 0.2) is 35.1 Å². The lowest BCUT2D eigenvalue weighted by Crippen LogP contribution is -2.13. The van der Waals surface area contributed by atoms with Crippen molar-refractivity contribution in [3.8, 4) is 11.4 Å². The topological polar surface area (TPSA) is 45.8 Å². The zero-order valence-electron chi connectivity index (χ0n) is 11.5. The van der Waals surface area contributed by atoms with Gasteiger partial charge in [-0.3, -0.25) is 4.79 Å². The Morgan fingerprint density at radius 3 is 2.42 bits per heavy atom. The molecule has 3 nitrogen and oxygen atoms in total. The van der Waals surface area contributed by atoms with Gasteiger partial charge >= 0.3 is 6.18 Å². The molecule has 24 heavy (non-hydrogen) atoms. The maximum atomic E-state index is 14.1. The molecule has 0 saturated heterocycles. The largest absolute Gasteiger partial charge is 0.419 e. The number of alkyl halides is 3. The van der Waals surface area contributed by atoms with Crippen LogP contribution in [0.25, 0.3) is 22.3 Å². The van der Waals surface area contributed by atoms with Gasteiger partial charge in [0.2, 0.25) is 0 Å². The number of hydrogen-bond acceptors (Lipinski definition) is 2. The summed E-state index contributed by atoms with van der Waals surface area (Å²) in [5.41, 5.74) is -3.08. The van der Waals surface area contributed by atoms with Gasteiger partial charge in [-0.25, -0.2) is 13.8 Å².